The summed E-state index contributed by atoms with van der Waals surface area (Å²) in [6.45, 7) is 5.21. The minimum Gasteiger partial charge on any atom is -0.480 e. The van der Waals surface area contributed by atoms with Crippen LogP contribution in [-0.2, 0) is 28.8 Å². The van der Waals surface area contributed by atoms with Crippen molar-refractivity contribution in [2.45, 2.75) is 199 Å². The van der Waals surface area contributed by atoms with Crippen molar-refractivity contribution < 1.29 is 39.0 Å². The number of hydrogen-bond acceptors (Lipinski definition) is 6. The molecule has 0 aliphatic carbocycles. The molecule has 0 fully saturated rings. The van der Waals surface area contributed by atoms with Crippen LogP contribution in [0.2, 0.25) is 0 Å². The predicted octanol–water partition coefficient (Wildman–Crippen LogP) is 6.93. The summed E-state index contributed by atoms with van der Waals surface area (Å²) in [5, 5.41) is 29.6. The van der Waals surface area contributed by atoms with Crippen molar-refractivity contribution in [3.05, 3.63) is 0 Å². The predicted molar refractivity (Wildman–Crippen MR) is 201 cm³/mol. The highest BCUT2D eigenvalue weighted by Gasteiger charge is 2.22. The number of carboxylic acids is 2. The van der Waals surface area contributed by atoms with Gasteiger partial charge >= 0.3 is 11.9 Å². The molecule has 0 heterocycles. The quantitative estimate of drug-likeness (QED) is 0.0375. The Bertz CT molecular complexity index is 887. The van der Waals surface area contributed by atoms with E-state index in [9.17, 15) is 39.0 Å². The Morgan fingerprint density at radius 3 is 1.00 bits per heavy atom. The molecule has 0 aromatic rings. The van der Waals surface area contributed by atoms with Gasteiger partial charge in [-0.15, -0.1) is 0 Å². The molecule has 0 saturated heterocycles. The molecule has 0 aromatic heterocycles. The molecule has 12 nitrogen and oxygen atoms in total. The standard InChI is InChI=1S/C39H72N4O8/c1-3-5-7-9-11-13-15-17-20-24-36(46)42-32(38(48)49)26-28-34(44)40-30-22-19-23-31-41-35(45)29-27-33(39(50)51)43-37(47)25-21-18-16-14-12-10-8-6-4-2/h32-33H,3-31H2,1-2H3,(H,40,44)(H,41,45)(H,42,46)(H,43,47)(H,48,49)(H,50,51)/t32-,33-/m0/s1. The van der Waals surface area contributed by atoms with E-state index in [0.717, 1.165) is 57.8 Å². The van der Waals surface area contributed by atoms with Crippen molar-refractivity contribution >= 4 is 35.6 Å². The Morgan fingerprint density at radius 1 is 0.392 bits per heavy atom. The first-order chi connectivity index (χ1) is 24.6. The highest BCUT2D eigenvalue weighted by atomic mass is 16.4. The highest BCUT2D eigenvalue weighted by molar-refractivity contribution is 5.85. The summed E-state index contributed by atoms with van der Waals surface area (Å²) < 4.78 is 0. The van der Waals surface area contributed by atoms with Gasteiger partial charge in [-0.2, -0.15) is 0 Å². The number of carbonyl (C=O) groups is 6. The summed E-state index contributed by atoms with van der Waals surface area (Å²) in [5.74, 6) is -3.47. The van der Waals surface area contributed by atoms with Crippen molar-refractivity contribution in [3.8, 4) is 0 Å². The van der Waals surface area contributed by atoms with Gasteiger partial charge in [0.2, 0.25) is 23.6 Å². The van der Waals surface area contributed by atoms with Gasteiger partial charge in [0, 0.05) is 38.8 Å². The van der Waals surface area contributed by atoms with Crippen LogP contribution in [-0.4, -0.2) is 71.0 Å². The zero-order chi connectivity index (χ0) is 38.0. The molecular formula is C39H72N4O8. The first kappa shape index (κ1) is 47.8. The molecule has 12 heteroatoms. The summed E-state index contributed by atoms with van der Waals surface area (Å²) in [6.07, 6.45) is 23.0. The molecule has 0 aromatic carbocycles. The van der Waals surface area contributed by atoms with Gasteiger partial charge in [-0.1, -0.05) is 117 Å². The molecule has 0 bridgehead atoms. The van der Waals surface area contributed by atoms with Gasteiger partial charge in [0.15, 0.2) is 0 Å². The maximum atomic E-state index is 12.2. The van der Waals surface area contributed by atoms with E-state index in [2.05, 4.69) is 35.1 Å². The Balaban J connectivity index is 3.97. The lowest BCUT2D eigenvalue weighted by Crippen LogP contribution is -2.41. The molecule has 296 valence electrons. The molecule has 6 N–H and O–H groups in total. The fourth-order valence-corrected chi connectivity index (χ4v) is 5.85. The number of unbranched alkanes of at least 4 members (excludes halogenated alkanes) is 18. The molecule has 0 aliphatic rings. The first-order valence-corrected chi connectivity index (χ1v) is 20.2. The smallest absolute Gasteiger partial charge is 0.326 e. The molecular weight excluding hydrogens is 652 g/mol. The Labute approximate surface area is 307 Å². The van der Waals surface area contributed by atoms with E-state index in [1.54, 1.807) is 0 Å². The fourth-order valence-electron chi connectivity index (χ4n) is 5.85. The van der Waals surface area contributed by atoms with Crippen LogP contribution in [0.5, 0.6) is 0 Å². The molecule has 0 spiro atoms. The fraction of sp³-hybridized carbons (Fsp3) is 0.846. The number of hydrogen-bond donors (Lipinski definition) is 6. The summed E-state index contributed by atoms with van der Waals surface area (Å²) in [6, 6.07) is -2.20. The number of aliphatic carboxylic acids is 2. The number of rotatable bonds is 36. The Hall–Kier alpha value is -3.18. The zero-order valence-electron chi connectivity index (χ0n) is 32.0. The van der Waals surface area contributed by atoms with E-state index in [1.807, 2.05) is 0 Å². The SMILES string of the molecule is CCCCCCCCCCCC(=O)N[C@@H](CCC(=O)NCCCCCNC(=O)CC[C@H](NC(=O)CCCCCCCCCCC)C(=O)O)C(=O)O. The van der Waals surface area contributed by atoms with Crippen molar-refractivity contribution in [1.29, 1.82) is 0 Å². The van der Waals surface area contributed by atoms with Crippen LogP contribution in [0.3, 0.4) is 0 Å². The summed E-state index contributed by atoms with van der Waals surface area (Å²) >= 11 is 0. The largest absolute Gasteiger partial charge is 0.480 e. The third-order valence-corrected chi connectivity index (χ3v) is 9.10. The second-order valence-electron chi connectivity index (χ2n) is 13.9. The van der Waals surface area contributed by atoms with Gasteiger partial charge in [0.1, 0.15) is 12.1 Å². The number of carbonyl (C=O) groups excluding carboxylic acids is 4. The van der Waals surface area contributed by atoms with Crippen LogP contribution in [0.15, 0.2) is 0 Å². The van der Waals surface area contributed by atoms with E-state index in [0.29, 0.717) is 25.9 Å². The van der Waals surface area contributed by atoms with Crippen LogP contribution >= 0.6 is 0 Å². The lowest BCUT2D eigenvalue weighted by Gasteiger charge is -2.15. The van der Waals surface area contributed by atoms with Crippen LogP contribution in [0.25, 0.3) is 0 Å². The normalized spacial score (nSPS) is 12.1. The maximum Gasteiger partial charge on any atom is 0.326 e. The van der Waals surface area contributed by atoms with Gasteiger partial charge in [-0.25, -0.2) is 9.59 Å². The van der Waals surface area contributed by atoms with Crippen LogP contribution in [0, 0.1) is 0 Å². The second kappa shape index (κ2) is 33.9. The van der Waals surface area contributed by atoms with E-state index in [-0.39, 0.29) is 62.2 Å². The molecule has 2 atom stereocenters. The summed E-state index contributed by atoms with van der Waals surface area (Å²) in [5.41, 5.74) is 0. The topological polar surface area (TPSA) is 191 Å². The molecule has 4 amide bonds. The molecule has 51 heavy (non-hydrogen) atoms. The summed E-state index contributed by atoms with van der Waals surface area (Å²) in [7, 11) is 0. The molecule has 0 rings (SSSR count). The third-order valence-electron chi connectivity index (χ3n) is 9.10. The van der Waals surface area contributed by atoms with Crippen LogP contribution < -0.4 is 21.3 Å². The van der Waals surface area contributed by atoms with E-state index in [1.165, 1.54) is 64.2 Å². The van der Waals surface area contributed by atoms with Gasteiger partial charge in [-0.3, -0.25) is 19.2 Å². The van der Waals surface area contributed by atoms with E-state index in [4.69, 9.17) is 0 Å². The minimum atomic E-state index is -1.15. The number of amides is 4. The summed E-state index contributed by atoms with van der Waals surface area (Å²) in [4.78, 5) is 72.1. The van der Waals surface area contributed by atoms with Crippen molar-refractivity contribution in [1.82, 2.24) is 21.3 Å². The van der Waals surface area contributed by atoms with Crippen molar-refractivity contribution in [2.24, 2.45) is 0 Å². The van der Waals surface area contributed by atoms with Crippen LogP contribution in [0.4, 0.5) is 0 Å². The second-order valence-corrected chi connectivity index (χ2v) is 13.9. The first-order valence-electron chi connectivity index (χ1n) is 20.2. The van der Waals surface area contributed by atoms with Crippen LogP contribution in [0.1, 0.15) is 187 Å². The van der Waals surface area contributed by atoms with E-state index < -0.39 is 24.0 Å². The molecule has 0 aliphatic heterocycles. The van der Waals surface area contributed by atoms with Gasteiger partial charge in [0.05, 0.1) is 0 Å². The Morgan fingerprint density at radius 2 is 0.686 bits per heavy atom. The number of carboxylic acid groups (broad SMARTS) is 2. The maximum absolute atomic E-state index is 12.2. The molecule has 0 saturated carbocycles. The van der Waals surface area contributed by atoms with Gasteiger partial charge in [-0.05, 0) is 44.9 Å². The highest BCUT2D eigenvalue weighted by Crippen LogP contribution is 2.12. The molecule has 0 radical (unpaired) electrons. The lowest BCUT2D eigenvalue weighted by molar-refractivity contribution is -0.142. The Kier molecular flexibility index (Phi) is 31.8. The van der Waals surface area contributed by atoms with Crippen molar-refractivity contribution in [3.63, 3.8) is 0 Å². The molecule has 0 unspecified atom stereocenters. The zero-order valence-corrected chi connectivity index (χ0v) is 32.0. The monoisotopic (exact) mass is 725 g/mol. The number of nitrogens with one attached hydrogen (secondary N) is 4. The van der Waals surface area contributed by atoms with Gasteiger partial charge in [0.25, 0.3) is 0 Å². The average molecular weight is 725 g/mol. The van der Waals surface area contributed by atoms with E-state index >= 15 is 0 Å². The average Bonchev–Trinajstić information content (AvgIpc) is 3.09. The van der Waals surface area contributed by atoms with Gasteiger partial charge < -0.3 is 31.5 Å². The third kappa shape index (κ3) is 31.3. The lowest BCUT2D eigenvalue weighted by atomic mass is 10.1. The van der Waals surface area contributed by atoms with Crippen molar-refractivity contribution in [2.75, 3.05) is 13.1 Å². The minimum absolute atomic E-state index is 0.0115.